The molecule has 0 unspecified atom stereocenters. The van der Waals surface area contributed by atoms with Gasteiger partial charge >= 0.3 is 0 Å². The first-order valence-electron chi connectivity index (χ1n) is 8.50. The van der Waals surface area contributed by atoms with Gasteiger partial charge in [-0.1, -0.05) is 24.8 Å². The highest BCUT2D eigenvalue weighted by atomic mass is 16.5. The molecule has 27 heavy (non-hydrogen) atoms. The van der Waals surface area contributed by atoms with Crippen LogP contribution in [0.5, 0.6) is 23.0 Å². The highest BCUT2D eigenvalue weighted by Gasteiger charge is 2.31. The monoisotopic (exact) mass is 364 g/mol. The average molecular weight is 364 g/mol. The first-order chi connectivity index (χ1) is 13.1. The number of nitriles is 1. The second-order valence-corrected chi connectivity index (χ2v) is 5.89. The third-order valence-electron chi connectivity index (χ3n) is 4.16. The molecule has 0 bridgehead atoms. The summed E-state index contributed by atoms with van der Waals surface area (Å²) >= 11 is 0. The number of phenols is 1. The topological polar surface area (TPSA) is 97.7 Å². The quantitative estimate of drug-likeness (QED) is 0.761. The minimum Gasteiger partial charge on any atom is -0.508 e. The fourth-order valence-corrected chi connectivity index (χ4v) is 3.03. The van der Waals surface area contributed by atoms with E-state index in [4.69, 9.17) is 19.9 Å². The van der Waals surface area contributed by atoms with E-state index in [2.05, 4.69) is 12.6 Å². The lowest BCUT2D eigenvalue weighted by molar-refractivity contribution is 0.296. The lowest BCUT2D eigenvalue weighted by Gasteiger charge is -2.27. The molecule has 0 fully saturated rings. The van der Waals surface area contributed by atoms with Gasteiger partial charge in [-0.2, -0.15) is 5.26 Å². The minimum atomic E-state index is -0.438. The number of allylic oxidation sites excluding steroid dienone is 1. The maximum Gasteiger partial charge on any atom is 0.205 e. The van der Waals surface area contributed by atoms with Crippen molar-refractivity contribution < 1.29 is 19.3 Å². The molecule has 1 atom stereocenters. The van der Waals surface area contributed by atoms with Crippen molar-refractivity contribution in [3.8, 4) is 29.1 Å². The number of fused-ring (bicyclic) bond motifs is 1. The summed E-state index contributed by atoms with van der Waals surface area (Å²) in [6.45, 7) is 6.36. The minimum absolute atomic E-state index is 0.0190. The van der Waals surface area contributed by atoms with Crippen molar-refractivity contribution in [1.29, 1.82) is 5.26 Å². The van der Waals surface area contributed by atoms with E-state index in [1.54, 1.807) is 24.3 Å². The highest BCUT2D eigenvalue weighted by Crippen LogP contribution is 2.44. The van der Waals surface area contributed by atoms with E-state index < -0.39 is 5.92 Å². The summed E-state index contributed by atoms with van der Waals surface area (Å²) in [6, 6.07) is 12.4. The SMILES string of the molecule is C=CCOc1ccc([C@H]2C(C#N)=C(N)Oc3cc(O)ccc32)cc1OCC. The first-order valence-corrected chi connectivity index (χ1v) is 8.50. The molecule has 1 aliphatic rings. The number of aromatic hydroxyl groups is 1. The zero-order valence-electron chi connectivity index (χ0n) is 14.9. The van der Waals surface area contributed by atoms with Crippen LogP contribution in [0.4, 0.5) is 0 Å². The molecule has 0 aromatic heterocycles. The standard InChI is InChI=1S/C21H20N2O4/c1-3-9-26-17-8-5-13(10-19(17)25-4-2)20-15-7-6-14(24)11-18(15)27-21(23)16(20)12-22/h3,5-8,10-11,20,24H,1,4,9,23H2,2H3/t20-/m1/s1. The van der Waals surface area contributed by atoms with Crippen LogP contribution in [-0.2, 0) is 0 Å². The molecular weight excluding hydrogens is 344 g/mol. The van der Waals surface area contributed by atoms with Gasteiger partial charge in [-0.05, 0) is 30.7 Å². The highest BCUT2D eigenvalue weighted by molar-refractivity contribution is 5.58. The fourth-order valence-electron chi connectivity index (χ4n) is 3.03. The Morgan fingerprint density at radius 2 is 2.07 bits per heavy atom. The maximum absolute atomic E-state index is 9.74. The molecule has 3 N–H and O–H groups in total. The van der Waals surface area contributed by atoms with Crippen LogP contribution < -0.4 is 19.9 Å². The summed E-state index contributed by atoms with van der Waals surface area (Å²) < 4.78 is 16.9. The van der Waals surface area contributed by atoms with Crippen LogP contribution >= 0.6 is 0 Å². The van der Waals surface area contributed by atoms with E-state index in [0.717, 1.165) is 11.1 Å². The van der Waals surface area contributed by atoms with Gasteiger partial charge in [0.15, 0.2) is 11.5 Å². The molecular formula is C21H20N2O4. The van der Waals surface area contributed by atoms with Crippen LogP contribution in [0.2, 0.25) is 0 Å². The molecule has 0 spiro atoms. The van der Waals surface area contributed by atoms with Gasteiger partial charge in [-0.3, -0.25) is 0 Å². The van der Waals surface area contributed by atoms with Crippen LogP contribution in [0, 0.1) is 11.3 Å². The average Bonchev–Trinajstić information content (AvgIpc) is 2.66. The summed E-state index contributed by atoms with van der Waals surface area (Å²) in [7, 11) is 0. The van der Waals surface area contributed by atoms with Gasteiger partial charge in [0.1, 0.15) is 29.7 Å². The molecule has 0 saturated carbocycles. The van der Waals surface area contributed by atoms with Crippen molar-refractivity contribution in [3.05, 3.63) is 71.6 Å². The Hall–Kier alpha value is -3.59. The van der Waals surface area contributed by atoms with Crippen molar-refractivity contribution in [2.45, 2.75) is 12.8 Å². The number of phenolic OH excluding ortho intramolecular Hbond substituents is 1. The maximum atomic E-state index is 9.74. The smallest absolute Gasteiger partial charge is 0.205 e. The Morgan fingerprint density at radius 3 is 2.78 bits per heavy atom. The second kappa shape index (κ2) is 7.75. The predicted molar refractivity (Wildman–Crippen MR) is 101 cm³/mol. The Bertz CT molecular complexity index is 944. The van der Waals surface area contributed by atoms with Crippen LogP contribution in [0.25, 0.3) is 0 Å². The molecule has 6 heteroatoms. The molecule has 0 amide bonds. The number of nitrogens with two attached hydrogens (primary N) is 1. The van der Waals surface area contributed by atoms with Gasteiger partial charge in [-0.15, -0.1) is 0 Å². The van der Waals surface area contributed by atoms with Crippen molar-refractivity contribution in [1.82, 2.24) is 0 Å². The van der Waals surface area contributed by atoms with Crippen molar-refractivity contribution in [2.24, 2.45) is 5.73 Å². The largest absolute Gasteiger partial charge is 0.508 e. The molecule has 0 radical (unpaired) electrons. The lowest BCUT2D eigenvalue weighted by atomic mass is 9.83. The molecule has 138 valence electrons. The number of rotatable bonds is 6. The van der Waals surface area contributed by atoms with Gasteiger partial charge < -0.3 is 25.1 Å². The van der Waals surface area contributed by atoms with E-state index in [1.165, 1.54) is 6.07 Å². The molecule has 0 saturated heterocycles. The number of benzene rings is 2. The van der Waals surface area contributed by atoms with Crippen LogP contribution in [-0.4, -0.2) is 18.3 Å². The normalized spacial score (nSPS) is 15.3. The first kappa shape index (κ1) is 18.2. The predicted octanol–water partition coefficient (Wildman–Crippen LogP) is 3.57. The molecule has 2 aromatic carbocycles. The van der Waals surface area contributed by atoms with Crippen LogP contribution in [0.3, 0.4) is 0 Å². The summed E-state index contributed by atoms with van der Waals surface area (Å²) in [4.78, 5) is 0. The Labute approximate surface area is 157 Å². The number of ether oxygens (including phenoxy) is 3. The zero-order valence-corrected chi connectivity index (χ0v) is 14.9. The third kappa shape index (κ3) is 3.53. The summed E-state index contributed by atoms with van der Waals surface area (Å²) in [5.74, 6) is 1.22. The molecule has 1 heterocycles. The fraction of sp³-hybridized carbons (Fsp3) is 0.190. The summed E-state index contributed by atoms with van der Waals surface area (Å²) in [6.07, 6.45) is 1.65. The van der Waals surface area contributed by atoms with Crippen LogP contribution in [0.15, 0.2) is 60.5 Å². The second-order valence-electron chi connectivity index (χ2n) is 5.89. The van der Waals surface area contributed by atoms with Crippen LogP contribution in [0.1, 0.15) is 24.0 Å². The molecule has 0 aliphatic carbocycles. The zero-order chi connectivity index (χ0) is 19.4. The lowest BCUT2D eigenvalue weighted by Crippen LogP contribution is -2.21. The van der Waals surface area contributed by atoms with Gasteiger partial charge in [0.05, 0.1) is 12.5 Å². The van der Waals surface area contributed by atoms with Crippen molar-refractivity contribution >= 4 is 0 Å². The van der Waals surface area contributed by atoms with E-state index in [0.29, 0.717) is 36.0 Å². The molecule has 2 aromatic rings. The Kier molecular flexibility index (Phi) is 5.23. The summed E-state index contributed by atoms with van der Waals surface area (Å²) in [5, 5.41) is 19.4. The van der Waals surface area contributed by atoms with Crippen molar-refractivity contribution in [3.63, 3.8) is 0 Å². The number of nitrogens with zero attached hydrogens (tertiary/aromatic N) is 1. The van der Waals surface area contributed by atoms with E-state index in [9.17, 15) is 10.4 Å². The third-order valence-corrected chi connectivity index (χ3v) is 4.16. The van der Waals surface area contributed by atoms with Gasteiger partial charge in [-0.25, -0.2) is 0 Å². The van der Waals surface area contributed by atoms with Gasteiger partial charge in [0.2, 0.25) is 5.88 Å². The van der Waals surface area contributed by atoms with E-state index >= 15 is 0 Å². The van der Waals surface area contributed by atoms with E-state index in [1.807, 2.05) is 19.1 Å². The molecule has 3 rings (SSSR count). The Balaban J connectivity index is 2.12. The number of hydrogen-bond acceptors (Lipinski definition) is 6. The van der Waals surface area contributed by atoms with Gasteiger partial charge in [0, 0.05) is 11.6 Å². The Morgan fingerprint density at radius 1 is 1.26 bits per heavy atom. The van der Waals surface area contributed by atoms with Gasteiger partial charge in [0.25, 0.3) is 0 Å². The molecule has 1 aliphatic heterocycles. The van der Waals surface area contributed by atoms with E-state index in [-0.39, 0.29) is 11.6 Å². The van der Waals surface area contributed by atoms with Crippen molar-refractivity contribution in [2.75, 3.05) is 13.2 Å². The number of hydrogen-bond donors (Lipinski definition) is 2. The summed E-state index contributed by atoms with van der Waals surface area (Å²) in [5.41, 5.74) is 7.80. The molecule has 6 nitrogen and oxygen atoms in total.